The van der Waals surface area contributed by atoms with Crippen LogP contribution in [0.4, 0.5) is 11.6 Å². The molecular weight excluding hydrogens is 386 g/mol. The van der Waals surface area contributed by atoms with Gasteiger partial charge in [-0.25, -0.2) is 19.5 Å². The number of aryl methyl sites for hydroxylation is 2. The second kappa shape index (κ2) is 7.18. The summed E-state index contributed by atoms with van der Waals surface area (Å²) < 4.78 is 1.99. The van der Waals surface area contributed by atoms with E-state index in [1.807, 2.05) is 4.52 Å². The van der Waals surface area contributed by atoms with Crippen molar-refractivity contribution in [3.63, 3.8) is 0 Å². The molecule has 158 valence electrons. The summed E-state index contributed by atoms with van der Waals surface area (Å²) in [4.78, 5) is 18.9. The third-order valence-corrected chi connectivity index (χ3v) is 6.68. The Hall–Kier alpha value is -3.22. The van der Waals surface area contributed by atoms with E-state index in [1.54, 1.807) is 6.33 Å². The number of hydrogen-bond acceptors (Lipinski definition) is 6. The van der Waals surface area contributed by atoms with Crippen LogP contribution in [0, 0.1) is 13.8 Å². The molecule has 5 heterocycles. The first-order valence-corrected chi connectivity index (χ1v) is 11.3. The quantitative estimate of drug-likeness (QED) is 0.501. The SMILES string of the molecule is Cc1ccc2ncnc(N3CCCCC3c3cc4nc(N5CCC5)cc(C)n4n3)c2c1. The smallest absolute Gasteiger partial charge is 0.157 e. The molecule has 0 spiro atoms. The Morgan fingerprint density at radius 2 is 1.84 bits per heavy atom. The first-order chi connectivity index (χ1) is 15.2. The zero-order valence-electron chi connectivity index (χ0n) is 18.1. The molecule has 0 aliphatic carbocycles. The second-order valence-electron chi connectivity index (χ2n) is 8.86. The largest absolute Gasteiger partial charge is 0.356 e. The fraction of sp³-hybridized carbons (Fsp3) is 0.417. The molecule has 0 saturated carbocycles. The van der Waals surface area contributed by atoms with Gasteiger partial charge in [0, 0.05) is 42.8 Å². The molecule has 2 aliphatic rings. The van der Waals surface area contributed by atoms with Crippen molar-refractivity contribution in [3.05, 3.63) is 53.6 Å². The Morgan fingerprint density at radius 3 is 2.68 bits per heavy atom. The zero-order valence-corrected chi connectivity index (χ0v) is 18.1. The maximum Gasteiger partial charge on any atom is 0.157 e. The Bertz CT molecular complexity index is 1270. The summed E-state index contributed by atoms with van der Waals surface area (Å²) in [6, 6.07) is 10.9. The molecular formula is C24H27N7. The lowest BCUT2D eigenvalue weighted by Crippen LogP contribution is -2.37. The third-order valence-electron chi connectivity index (χ3n) is 6.68. The number of piperidine rings is 1. The van der Waals surface area contributed by atoms with Gasteiger partial charge in [-0.3, -0.25) is 0 Å². The summed E-state index contributed by atoms with van der Waals surface area (Å²) in [7, 11) is 0. The van der Waals surface area contributed by atoms with Crippen molar-refractivity contribution in [3.8, 4) is 0 Å². The van der Waals surface area contributed by atoms with Gasteiger partial charge in [0.05, 0.1) is 17.3 Å². The van der Waals surface area contributed by atoms with E-state index in [-0.39, 0.29) is 6.04 Å². The van der Waals surface area contributed by atoms with Crippen LogP contribution in [0.1, 0.15) is 48.7 Å². The van der Waals surface area contributed by atoms with E-state index < -0.39 is 0 Å². The first-order valence-electron chi connectivity index (χ1n) is 11.3. The molecule has 1 unspecified atom stereocenters. The van der Waals surface area contributed by atoms with Gasteiger partial charge in [-0.15, -0.1) is 0 Å². The summed E-state index contributed by atoms with van der Waals surface area (Å²) in [6.07, 6.45) is 6.37. The van der Waals surface area contributed by atoms with E-state index in [0.717, 1.165) is 72.0 Å². The van der Waals surface area contributed by atoms with E-state index in [4.69, 9.17) is 15.1 Å². The minimum absolute atomic E-state index is 0.195. The van der Waals surface area contributed by atoms with Crippen LogP contribution in [-0.4, -0.2) is 44.2 Å². The monoisotopic (exact) mass is 413 g/mol. The van der Waals surface area contributed by atoms with Crippen LogP contribution in [0.2, 0.25) is 0 Å². The summed E-state index contributed by atoms with van der Waals surface area (Å²) >= 11 is 0. The predicted molar refractivity (Wildman–Crippen MR) is 123 cm³/mol. The fourth-order valence-electron chi connectivity index (χ4n) is 4.87. The molecule has 0 bridgehead atoms. The average Bonchev–Trinajstić information content (AvgIpc) is 3.17. The molecule has 31 heavy (non-hydrogen) atoms. The fourth-order valence-corrected chi connectivity index (χ4v) is 4.87. The molecule has 3 aromatic heterocycles. The molecule has 0 radical (unpaired) electrons. The minimum Gasteiger partial charge on any atom is -0.356 e. The van der Waals surface area contributed by atoms with Crippen LogP contribution in [0.3, 0.4) is 0 Å². The third kappa shape index (κ3) is 3.10. The standard InChI is InChI=1S/C24H27N7/c1-16-7-8-19-18(12-16)24(26-15-25-19)30-11-4-3-6-21(30)20-14-23-27-22(29-9-5-10-29)13-17(2)31(23)28-20/h7-8,12-15,21H,3-6,9-11H2,1-2H3. The van der Waals surface area contributed by atoms with E-state index in [2.05, 4.69) is 59.0 Å². The van der Waals surface area contributed by atoms with Gasteiger partial charge in [-0.2, -0.15) is 5.10 Å². The highest BCUT2D eigenvalue weighted by molar-refractivity contribution is 5.90. The maximum absolute atomic E-state index is 5.00. The average molecular weight is 414 g/mol. The van der Waals surface area contributed by atoms with Crippen molar-refractivity contribution < 1.29 is 0 Å². The van der Waals surface area contributed by atoms with E-state index >= 15 is 0 Å². The van der Waals surface area contributed by atoms with Crippen LogP contribution < -0.4 is 9.80 Å². The Morgan fingerprint density at radius 1 is 0.935 bits per heavy atom. The van der Waals surface area contributed by atoms with Gasteiger partial charge in [0.1, 0.15) is 18.0 Å². The molecule has 2 saturated heterocycles. The molecule has 7 heteroatoms. The van der Waals surface area contributed by atoms with Crippen molar-refractivity contribution in [2.75, 3.05) is 29.4 Å². The molecule has 7 nitrogen and oxygen atoms in total. The van der Waals surface area contributed by atoms with Crippen LogP contribution in [-0.2, 0) is 0 Å². The molecule has 4 aromatic rings. The minimum atomic E-state index is 0.195. The van der Waals surface area contributed by atoms with Crippen LogP contribution in [0.5, 0.6) is 0 Å². The van der Waals surface area contributed by atoms with Gasteiger partial charge in [-0.05, 0) is 51.7 Å². The van der Waals surface area contributed by atoms with Gasteiger partial charge in [0.15, 0.2) is 5.65 Å². The number of aromatic nitrogens is 5. The Kier molecular flexibility index (Phi) is 4.30. The molecule has 2 fully saturated rings. The van der Waals surface area contributed by atoms with Gasteiger partial charge in [0.2, 0.25) is 0 Å². The normalized spacial score (nSPS) is 19.2. The summed E-state index contributed by atoms with van der Waals surface area (Å²) in [5, 5.41) is 6.12. The van der Waals surface area contributed by atoms with Crippen molar-refractivity contribution in [1.82, 2.24) is 24.6 Å². The van der Waals surface area contributed by atoms with E-state index in [9.17, 15) is 0 Å². The number of benzene rings is 1. The topological polar surface area (TPSA) is 62.5 Å². The highest BCUT2D eigenvalue weighted by Crippen LogP contribution is 2.37. The Labute approximate surface area is 181 Å². The van der Waals surface area contributed by atoms with E-state index in [1.165, 1.54) is 18.4 Å². The number of fused-ring (bicyclic) bond motifs is 2. The van der Waals surface area contributed by atoms with Crippen LogP contribution in [0.15, 0.2) is 36.7 Å². The molecule has 2 aliphatic heterocycles. The molecule has 0 N–H and O–H groups in total. The van der Waals surface area contributed by atoms with Crippen molar-refractivity contribution in [1.29, 1.82) is 0 Å². The van der Waals surface area contributed by atoms with Gasteiger partial charge >= 0.3 is 0 Å². The van der Waals surface area contributed by atoms with Gasteiger partial charge in [-0.1, -0.05) is 11.6 Å². The lowest BCUT2D eigenvalue weighted by atomic mass is 9.98. The number of anilines is 2. The maximum atomic E-state index is 5.00. The zero-order chi connectivity index (χ0) is 20.9. The molecule has 1 aromatic carbocycles. The lowest BCUT2D eigenvalue weighted by molar-refractivity contribution is 0.461. The lowest BCUT2D eigenvalue weighted by Gasteiger charge is -2.36. The first kappa shape index (κ1) is 18.5. The summed E-state index contributed by atoms with van der Waals surface area (Å²) in [5.41, 5.74) is 5.36. The van der Waals surface area contributed by atoms with Gasteiger partial charge in [0.25, 0.3) is 0 Å². The second-order valence-corrected chi connectivity index (χ2v) is 8.86. The highest BCUT2D eigenvalue weighted by atomic mass is 15.3. The van der Waals surface area contributed by atoms with E-state index in [0.29, 0.717) is 0 Å². The Balaban J connectivity index is 1.44. The molecule has 6 rings (SSSR count). The van der Waals surface area contributed by atoms with Crippen molar-refractivity contribution in [2.45, 2.75) is 45.6 Å². The summed E-state index contributed by atoms with van der Waals surface area (Å²) in [5.74, 6) is 2.09. The number of nitrogens with zero attached hydrogens (tertiary/aromatic N) is 7. The van der Waals surface area contributed by atoms with Crippen LogP contribution >= 0.6 is 0 Å². The molecule has 1 atom stereocenters. The number of rotatable bonds is 3. The number of hydrogen-bond donors (Lipinski definition) is 0. The van der Waals surface area contributed by atoms with Crippen molar-refractivity contribution >= 4 is 28.2 Å². The highest BCUT2D eigenvalue weighted by Gasteiger charge is 2.29. The van der Waals surface area contributed by atoms with Crippen molar-refractivity contribution in [2.24, 2.45) is 0 Å². The van der Waals surface area contributed by atoms with Gasteiger partial charge < -0.3 is 9.80 Å². The molecule has 0 amide bonds. The van der Waals surface area contributed by atoms with Crippen LogP contribution in [0.25, 0.3) is 16.6 Å². The predicted octanol–water partition coefficient (Wildman–Crippen LogP) is 4.23. The summed E-state index contributed by atoms with van der Waals surface area (Å²) in [6.45, 7) is 7.41.